The molecule has 1 aromatic carbocycles. The fraction of sp³-hybridized carbons (Fsp3) is 0.667. The lowest BCUT2D eigenvalue weighted by atomic mass is 9.91. The Morgan fingerprint density at radius 3 is 2.80 bits per heavy atom. The molecule has 20 heavy (non-hydrogen) atoms. The second kappa shape index (κ2) is 6.73. The predicted molar refractivity (Wildman–Crippen MR) is 85.3 cm³/mol. The number of aryl methyl sites for hydroxylation is 1. The standard InChI is InChI=1S/C18H29NO/c1-5-19-13-16(15-8-6-7-14(2)11-15)12-17-9-10-18(3,4)20-17/h6-8,11,16-17,19H,5,9-10,12-13H2,1-4H3. The van der Waals surface area contributed by atoms with Gasteiger partial charge in [-0.3, -0.25) is 0 Å². The van der Waals surface area contributed by atoms with Gasteiger partial charge in [-0.2, -0.15) is 0 Å². The van der Waals surface area contributed by atoms with Crippen molar-refractivity contribution in [3.8, 4) is 0 Å². The number of hydrogen-bond acceptors (Lipinski definition) is 2. The summed E-state index contributed by atoms with van der Waals surface area (Å²) in [6.07, 6.45) is 3.91. The fourth-order valence-electron chi connectivity index (χ4n) is 3.14. The third-order valence-corrected chi connectivity index (χ3v) is 4.26. The highest BCUT2D eigenvalue weighted by Crippen LogP contribution is 2.34. The van der Waals surface area contributed by atoms with Gasteiger partial charge in [0.1, 0.15) is 0 Å². The summed E-state index contributed by atoms with van der Waals surface area (Å²) in [4.78, 5) is 0. The van der Waals surface area contributed by atoms with Crippen molar-refractivity contribution in [3.05, 3.63) is 35.4 Å². The Bertz CT molecular complexity index is 427. The summed E-state index contributed by atoms with van der Waals surface area (Å²) < 4.78 is 6.18. The molecule has 2 atom stereocenters. The van der Waals surface area contributed by atoms with Gasteiger partial charge in [-0.25, -0.2) is 0 Å². The second-order valence-electron chi connectivity index (χ2n) is 6.69. The van der Waals surface area contributed by atoms with Gasteiger partial charge in [0.2, 0.25) is 0 Å². The summed E-state index contributed by atoms with van der Waals surface area (Å²) in [6, 6.07) is 8.92. The monoisotopic (exact) mass is 275 g/mol. The molecule has 1 saturated heterocycles. The lowest BCUT2D eigenvalue weighted by Crippen LogP contribution is -2.26. The number of ether oxygens (including phenoxy) is 1. The Morgan fingerprint density at radius 1 is 1.40 bits per heavy atom. The van der Waals surface area contributed by atoms with Gasteiger partial charge in [0, 0.05) is 6.54 Å². The van der Waals surface area contributed by atoms with Gasteiger partial charge in [0.25, 0.3) is 0 Å². The van der Waals surface area contributed by atoms with Crippen LogP contribution in [0.2, 0.25) is 0 Å². The van der Waals surface area contributed by atoms with Gasteiger partial charge in [-0.05, 0) is 58.1 Å². The molecule has 0 radical (unpaired) electrons. The molecule has 2 nitrogen and oxygen atoms in total. The zero-order valence-corrected chi connectivity index (χ0v) is 13.4. The predicted octanol–water partition coefficient (Wildman–Crippen LogP) is 4.04. The minimum absolute atomic E-state index is 0.0695. The Morgan fingerprint density at radius 2 is 2.20 bits per heavy atom. The molecule has 0 aromatic heterocycles. The van der Waals surface area contributed by atoms with Gasteiger partial charge >= 0.3 is 0 Å². The topological polar surface area (TPSA) is 21.3 Å². The van der Waals surface area contributed by atoms with Crippen LogP contribution >= 0.6 is 0 Å². The first kappa shape index (κ1) is 15.5. The molecule has 1 heterocycles. The van der Waals surface area contributed by atoms with Crippen LogP contribution in [0.3, 0.4) is 0 Å². The van der Waals surface area contributed by atoms with Gasteiger partial charge < -0.3 is 10.1 Å². The summed E-state index contributed by atoms with van der Waals surface area (Å²) in [5, 5.41) is 3.51. The first-order chi connectivity index (χ1) is 9.50. The van der Waals surface area contributed by atoms with Gasteiger partial charge in [0.05, 0.1) is 11.7 Å². The van der Waals surface area contributed by atoms with E-state index in [4.69, 9.17) is 4.74 Å². The summed E-state index contributed by atoms with van der Waals surface area (Å²) in [7, 11) is 0. The van der Waals surface area contributed by atoms with Gasteiger partial charge in [-0.15, -0.1) is 0 Å². The van der Waals surface area contributed by atoms with E-state index in [2.05, 4.69) is 57.3 Å². The first-order valence-corrected chi connectivity index (χ1v) is 7.95. The van der Waals surface area contributed by atoms with Crippen LogP contribution in [0.15, 0.2) is 24.3 Å². The third kappa shape index (κ3) is 4.32. The SMILES string of the molecule is CCNCC(CC1CCC(C)(C)O1)c1cccc(C)c1. The highest BCUT2D eigenvalue weighted by Gasteiger charge is 2.33. The van der Waals surface area contributed by atoms with Crippen molar-refractivity contribution < 1.29 is 4.74 Å². The largest absolute Gasteiger partial charge is 0.372 e. The van der Waals surface area contributed by atoms with Crippen LogP contribution in [0.1, 0.15) is 57.1 Å². The number of benzene rings is 1. The van der Waals surface area contributed by atoms with Crippen LogP contribution in [-0.2, 0) is 4.74 Å². The summed E-state index contributed by atoms with van der Waals surface area (Å²) in [6.45, 7) is 10.8. The zero-order valence-electron chi connectivity index (χ0n) is 13.4. The highest BCUT2D eigenvalue weighted by molar-refractivity contribution is 5.26. The molecule has 1 fully saturated rings. The van der Waals surface area contributed by atoms with E-state index in [0.717, 1.165) is 19.5 Å². The molecule has 1 aliphatic heterocycles. The molecule has 0 bridgehead atoms. The van der Waals surface area contributed by atoms with Crippen molar-refractivity contribution in [2.24, 2.45) is 0 Å². The lowest BCUT2D eigenvalue weighted by Gasteiger charge is -2.24. The molecule has 2 unspecified atom stereocenters. The molecule has 0 amide bonds. The quantitative estimate of drug-likeness (QED) is 0.846. The van der Waals surface area contributed by atoms with E-state index in [9.17, 15) is 0 Å². The molecule has 2 rings (SSSR count). The Labute approximate surface area is 123 Å². The molecule has 1 N–H and O–H groups in total. The van der Waals surface area contributed by atoms with E-state index in [-0.39, 0.29) is 5.60 Å². The van der Waals surface area contributed by atoms with E-state index in [1.165, 1.54) is 24.0 Å². The van der Waals surface area contributed by atoms with E-state index >= 15 is 0 Å². The molecule has 2 heteroatoms. The van der Waals surface area contributed by atoms with Crippen molar-refractivity contribution in [1.29, 1.82) is 0 Å². The van der Waals surface area contributed by atoms with Gasteiger partial charge in [-0.1, -0.05) is 36.8 Å². The summed E-state index contributed by atoms with van der Waals surface area (Å²) >= 11 is 0. The first-order valence-electron chi connectivity index (χ1n) is 7.95. The average Bonchev–Trinajstić information content (AvgIpc) is 2.74. The van der Waals surface area contributed by atoms with Crippen molar-refractivity contribution in [2.45, 2.75) is 64.6 Å². The van der Waals surface area contributed by atoms with Crippen LogP contribution in [0, 0.1) is 6.92 Å². The van der Waals surface area contributed by atoms with Crippen molar-refractivity contribution >= 4 is 0 Å². The van der Waals surface area contributed by atoms with E-state index in [1.807, 2.05) is 0 Å². The Balaban J connectivity index is 2.04. The van der Waals surface area contributed by atoms with Crippen LogP contribution in [0.25, 0.3) is 0 Å². The second-order valence-corrected chi connectivity index (χ2v) is 6.69. The lowest BCUT2D eigenvalue weighted by molar-refractivity contribution is -0.0209. The number of likely N-dealkylation sites (N-methyl/N-ethyl adjacent to an activating group) is 1. The van der Waals surface area contributed by atoms with Gasteiger partial charge in [0.15, 0.2) is 0 Å². The van der Waals surface area contributed by atoms with Crippen LogP contribution in [0.5, 0.6) is 0 Å². The number of rotatable bonds is 6. The zero-order chi connectivity index (χ0) is 14.6. The molecular formula is C18H29NO. The smallest absolute Gasteiger partial charge is 0.0631 e. The number of nitrogens with one attached hydrogen (secondary N) is 1. The van der Waals surface area contributed by atoms with Crippen LogP contribution in [0.4, 0.5) is 0 Å². The third-order valence-electron chi connectivity index (χ3n) is 4.26. The van der Waals surface area contributed by atoms with Crippen LogP contribution < -0.4 is 5.32 Å². The number of hydrogen-bond donors (Lipinski definition) is 1. The van der Waals surface area contributed by atoms with Crippen molar-refractivity contribution in [2.75, 3.05) is 13.1 Å². The molecule has 1 aromatic rings. The average molecular weight is 275 g/mol. The van der Waals surface area contributed by atoms with E-state index < -0.39 is 0 Å². The van der Waals surface area contributed by atoms with Crippen molar-refractivity contribution in [3.63, 3.8) is 0 Å². The maximum Gasteiger partial charge on any atom is 0.0631 e. The molecule has 1 aliphatic rings. The summed E-state index contributed by atoms with van der Waals surface area (Å²) in [5.41, 5.74) is 2.86. The Hall–Kier alpha value is -0.860. The van der Waals surface area contributed by atoms with Crippen LogP contribution in [-0.4, -0.2) is 24.8 Å². The maximum absolute atomic E-state index is 6.18. The van der Waals surface area contributed by atoms with E-state index in [1.54, 1.807) is 0 Å². The molecule has 0 saturated carbocycles. The fourth-order valence-corrected chi connectivity index (χ4v) is 3.14. The maximum atomic E-state index is 6.18. The minimum Gasteiger partial charge on any atom is -0.372 e. The summed E-state index contributed by atoms with van der Waals surface area (Å²) in [5.74, 6) is 0.550. The van der Waals surface area contributed by atoms with Crippen molar-refractivity contribution in [1.82, 2.24) is 5.32 Å². The minimum atomic E-state index is 0.0695. The molecule has 0 spiro atoms. The van der Waals surface area contributed by atoms with E-state index in [0.29, 0.717) is 12.0 Å². The Kier molecular flexibility index (Phi) is 5.22. The highest BCUT2D eigenvalue weighted by atomic mass is 16.5. The normalized spacial score (nSPS) is 22.9. The molecule has 0 aliphatic carbocycles. The molecular weight excluding hydrogens is 246 g/mol. The molecule has 112 valence electrons.